The van der Waals surface area contributed by atoms with Crippen molar-refractivity contribution < 1.29 is 8.42 Å². The van der Waals surface area contributed by atoms with Gasteiger partial charge >= 0.3 is 0 Å². The van der Waals surface area contributed by atoms with Crippen LogP contribution in [0.5, 0.6) is 0 Å². The van der Waals surface area contributed by atoms with Gasteiger partial charge in [0, 0.05) is 19.3 Å². The molecule has 1 aromatic heterocycles. The number of aromatic nitrogens is 2. The summed E-state index contributed by atoms with van der Waals surface area (Å²) in [6, 6.07) is 6.84. The standard InChI is InChI=1S/C14H20N4O2S/c1-11-12(10-16-18-11)6-5-9-17-21(19,20)14-8-4-3-7-13(14)15-2/h3-4,7-8,10,15,17H,5-6,9H2,1-2H3,(H,16,18). The van der Waals surface area contributed by atoms with Gasteiger partial charge in [-0.3, -0.25) is 5.10 Å². The molecule has 0 saturated heterocycles. The molecule has 3 N–H and O–H groups in total. The molecular formula is C14H20N4O2S. The van der Waals surface area contributed by atoms with Gasteiger partial charge in [-0.25, -0.2) is 13.1 Å². The lowest BCUT2D eigenvalue weighted by atomic mass is 10.1. The van der Waals surface area contributed by atoms with Gasteiger partial charge in [-0.2, -0.15) is 5.10 Å². The molecule has 114 valence electrons. The van der Waals surface area contributed by atoms with Crippen molar-refractivity contribution >= 4 is 15.7 Å². The molecule has 2 aromatic rings. The van der Waals surface area contributed by atoms with Gasteiger partial charge in [0.1, 0.15) is 4.90 Å². The second kappa shape index (κ2) is 6.73. The highest BCUT2D eigenvalue weighted by atomic mass is 32.2. The number of para-hydroxylation sites is 1. The number of hydrogen-bond acceptors (Lipinski definition) is 4. The summed E-state index contributed by atoms with van der Waals surface area (Å²) in [7, 11) is -1.79. The first-order chi connectivity index (χ1) is 10.0. The number of aryl methyl sites for hydroxylation is 2. The van der Waals surface area contributed by atoms with Crippen molar-refractivity contribution in [3.63, 3.8) is 0 Å². The Bertz CT molecular complexity index is 695. The second-order valence-corrected chi connectivity index (χ2v) is 6.50. The van der Waals surface area contributed by atoms with E-state index in [-0.39, 0.29) is 4.90 Å². The summed E-state index contributed by atoms with van der Waals surface area (Å²) in [5.74, 6) is 0. The van der Waals surface area contributed by atoms with E-state index in [1.54, 1.807) is 37.5 Å². The number of sulfonamides is 1. The van der Waals surface area contributed by atoms with Gasteiger partial charge in [-0.15, -0.1) is 0 Å². The van der Waals surface area contributed by atoms with Crippen molar-refractivity contribution in [2.45, 2.75) is 24.7 Å². The third kappa shape index (κ3) is 3.83. The molecule has 0 amide bonds. The highest BCUT2D eigenvalue weighted by molar-refractivity contribution is 7.89. The van der Waals surface area contributed by atoms with E-state index in [9.17, 15) is 8.42 Å². The maximum Gasteiger partial charge on any atom is 0.242 e. The molecule has 0 radical (unpaired) electrons. The van der Waals surface area contributed by atoms with E-state index in [1.165, 1.54) is 0 Å². The number of nitrogens with zero attached hydrogens (tertiary/aromatic N) is 1. The monoisotopic (exact) mass is 308 g/mol. The largest absolute Gasteiger partial charge is 0.387 e. The van der Waals surface area contributed by atoms with Crippen molar-refractivity contribution in [2.75, 3.05) is 18.9 Å². The number of benzene rings is 1. The molecular weight excluding hydrogens is 288 g/mol. The van der Waals surface area contributed by atoms with E-state index in [1.807, 2.05) is 6.92 Å². The molecule has 2 rings (SSSR count). The highest BCUT2D eigenvalue weighted by Crippen LogP contribution is 2.19. The Kier molecular flexibility index (Phi) is 4.98. The van der Waals surface area contributed by atoms with E-state index in [2.05, 4.69) is 20.2 Å². The fourth-order valence-corrected chi connectivity index (χ4v) is 3.38. The van der Waals surface area contributed by atoms with Gasteiger partial charge in [0.2, 0.25) is 10.0 Å². The smallest absolute Gasteiger partial charge is 0.242 e. The summed E-state index contributed by atoms with van der Waals surface area (Å²) in [5, 5.41) is 9.71. The molecule has 0 aliphatic heterocycles. The van der Waals surface area contributed by atoms with Crippen LogP contribution in [0, 0.1) is 6.92 Å². The van der Waals surface area contributed by atoms with Crippen molar-refractivity contribution in [2.24, 2.45) is 0 Å². The lowest BCUT2D eigenvalue weighted by Gasteiger charge is -2.10. The molecule has 6 nitrogen and oxygen atoms in total. The zero-order valence-electron chi connectivity index (χ0n) is 12.2. The molecule has 0 aliphatic carbocycles. The average Bonchev–Trinajstić information content (AvgIpc) is 2.89. The van der Waals surface area contributed by atoms with Crippen LogP contribution in [-0.4, -0.2) is 32.2 Å². The molecule has 0 saturated carbocycles. The topological polar surface area (TPSA) is 86.9 Å². The van der Waals surface area contributed by atoms with Crippen LogP contribution in [0.3, 0.4) is 0 Å². The van der Waals surface area contributed by atoms with E-state index < -0.39 is 10.0 Å². The van der Waals surface area contributed by atoms with Crippen LogP contribution in [0.2, 0.25) is 0 Å². The highest BCUT2D eigenvalue weighted by Gasteiger charge is 2.16. The first-order valence-electron chi connectivity index (χ1n) is 6.80. The van der Waals surface area contributed by atoms with E-state index in [4.69, 9.17) is 0 Å². The third-order valence-corrected chi connectivity index (χ3v) is 4.81. The van der Waals surface area contributed by atoms with Crippen LogP contribution in [0.4, 0.5) is 5.69 Å². The van der Waals surface area contributed by atoms with Gasteiger partial charge in [-0.05, 0) is 37.5 Å². The lowest BCUT2D eigenvalue weighted by molar-refractivity contribution is 0.579. The summed E-state index contributed by atoms with van der Waals surface area (Å²) < 4.78 is 27.2. The van der Waals surface area contributed by atoms with Gasteiger partial charge < -0.3 is 5.32 Å². The van der Waals surface area contributed by atoms with Crippen LogP contribution in [-0.2, 0) is 16.4 Å². The van der Waals surface area contributed by atoms with Gasteiger partial charge in [0.15, 0.2) is 0 Å². The SMILES string of the molecule is CNc1ccccc1S(=O)(=O)NCCCc1cn[nH]c1C. The van der Waals surface area contributed by atoms with Gasteiger partial charge in [0.25, 0.3) is 0 Å². The van der Waals surface area contributed by atoms with Crippen LogP contribution < -0.4 is 10.0 Å². The summed E-state index contributed by atoms with van der Waals surface area (Å²) in [5.41, 5.74) is 2.74. The van der Waals surface area contributed by atoms with Crippen molar-refractivity contribution in [1.82, 2.24) is 14.9 Å². The van der Waals surface area contributed by atoms with E-state index in [0.29, 0.717) is 12.2 Å². The molecule has 1 heterocycles. The first-order valence-corrected chi connectivity index (χ1v) is 8.28. The molecule has 1 aromatic carbocycles. The quantitative estimate of drug-likeness (QED) is 0.679. The maximum atomic E-state index is 12.3. The maximum absolute atomic E-state index is 12.3. The van der Waals surface area contributed by atoms with Crippen LogP contribution in [0.1, 0.15) is 17.7 Å². The number of rotatable bonds is 7. The molecule has 0 atom stereocenters. The van der Waals surface area contributed by atoms with Crippen molar-refractivity contribution in [3.8, 4) is 0 Å². The zero-order chi connectivity index (χ0) is 15.3. The zero-order valence-corrected chi connectivity index (χ0v) is 13.0. The molecule has 0 unspecified atom stereocenters. The molecule has 0 fully saturated rings. The summed E-state index contributed by atoms with van der Waals surface area (Å²) in [6.07, 6.45) is 3.29. The van der Waals surface area contributed by atoms with Gasteiger partial charge in [-0.1, -0.05) is 12.1 Å². The van der Waals surface area contributed by atoms with Crippen LogP contribution in [0.25, 0.3) is 0 Å². The summed E-state index contributed by atoms with van der Waals surface area (Å²) in [6.45, 7) is 2.35. The summed E-state index contributed by atoms with van der Waals surface area (Å²) >= 11 is 0. The van der Waals surface area contributed by atoms with Crippen molar-refractivity contribution in [3.05, 3.63) is 41.7 Å². The fourth-order valence-electron chi connectivity index (χ4n) is 2.10. The molecule has 0 spiro atoms. The predicted octanol–water partition coefficient (Wildman–Crippen LogP) is 1.67. The Morgan fingerprint density at radius 3 is 2.71 bits per heavy atom. The molecule has 0 aliphatic rings. The molecule has 7 heteroatoms. The Labute approximate surface area is 125 Å². The van der Waals surface area contributed by atoms with Gasteiger partial charge in [0.05, 0.1) is 11.9 Å². The van der Waals surface area contributed by atoms with Crippen molar-refractivity contribution in [1.29, 1.82) is 0 Å². The summed E-state index contributed by atoms with van der Waals surface area (Å²) in [4.78, 5) is 0.270. The minimum atomic E-state index is -3.49. The molecule has 0 bridgehead atoms. The van der Waals surface area contributed by atoms with Crippen LogP contribution in [0.15, 0.2) is 35.4 Å². The Morgan fingerprint density at radius 2 is 2.05 bits per heavy atom. The number of nitrogens with one attached hydrogen (secondary N) is 3. The van der Waals surface area contributed by atoms with E-state index >= 15 is 0 Å². The molecule has 21 heavy (non-hydrogen) atoms. The van der Waals surface area contributed by atoms with E-state index in [0.717, 1.165) is 24.1 Å². The lowest BCUT2D eigenvalue weighted by Crippen LogP contribution is -2.25. The minimum absolute atomic E-state index is 0.270. The Morgan fingerprint density at radius 1 is 1.29 bits per heavy atom. The first kappa shape index (κ1) is 15.5. The Hall–Kier alpha value is -1.86. The third-order valence-electron chi connectivity index (χ3n) is 3.30. The second-order valence-electron chi connectivity index (χ2n) is 4.77. The number of anilines is 1. The number of H-pyrrole nitrogens is 1. The normalized spacial score (nSPS) is 11.5. The minimum Gasteiger partial charge on any atom is -0.387 e. The average molecular weight is 308 g/mol. The predicted molar refractivity (Wildman–Crippen MR) is 82.8 cm³/mol. The van der Waals surface area contributed by atoms with Crippen LogP contribution >= 0.6 is 0 Å². The number of aromatic amines is 1. The Balaban J connectivity index is 1.94. The number of hydrogen-bond donors (Lipinski definition) is 3. The fraction of sp³-hybridized carbons (Fsp3) is 0.357.